The predicted molar refractivity (Wildman–Crippen MR) is 42.8 cm³/mol. The second-order valence-electron chi connectivity index (χ2n) is 2.41. The van der Waals surface area contributed by atoms with Gasteiger partial charge >= 0.3 is 0 Å². The number of hydrogen-bond donors (Lipinski definition) is 2. The number of rotatable bonds is 3. The molecular formula is C7H10N4O. The summed E-state index contributed by atoms with van der Waals surface area (Å²) in [7, 11) is 0. The van der Waals surface area contributed by atoms with Gasteiger partial charge in [0.15, 0.2) is 0 Å². The average Bonchev–Trinajstić information content (AvgIpc) is 2.05. The van der Waals surface area contributed by atoms with Crippen LogP contribution in [0.25, 0.3) is 0 Å². The fourth-order valence-electron chi connectivity index (χ4n) is 0.823. The van der Waals surface area contributed by atoms with Crippen LogP contribution in [0.1, 0.15) is 18.2 Å². The number of amides is 1. The number of carbonyl (C=O) groups excluding carboxylic acids is 1. The maximum atomic E-state index is 10.5. The standard InChI is InChI=1S/C7H10N4O/c8-5(3-7(9)12)6-4-10-1-2-11-6/h1-2,4-5H,3,8H2,(H2,9,12). The zero-order chi connectivity index (χ0) is 8.97. The summed E-state index contributed by atoms with van der Waals surface area (Å²) in [6, 6.07) is -0.448. The van der Waals surface area contributed by atoms with Crippen molar-refractivity contribution >= 4 is 5.91 Å². The van der Waals surface area contributed by atoms with Crippen molar-refractivity contribution < 1.29 is 4.79 Å². The zero-order valence-corrected chi connectivity index (χ0v) is 6.47. The normalized spacial score (nSPS) is 12.4. The van der Waals surface area contributed by atoms with Crippen LogP contribution in [-0.2, 0) is 4.79 Å². The van der Waals surface area contributed by atoms with Crippen molar-refractivity contribution in [2.45, 2.75) is 12.5 Å². The van der Waals surface area contributed by atoms with Crippen LogP contribution in [0.15, 0.2) is 18.6 Å². The monoisotopic (exact) mass is 166 g/mol. The van der Waals surface area contributed by atoms with Crippen LogP contribution < -0.4 is 11.5 Å². The van der Waals surface area contributed by atoms with Gasteiger partial charge in [0.1, 0.15) is 0 Å². The third-order valence-corrected chi connectivity index (χ3v) is 1.38. The summed E-state index contributed by atoms with van der Waals surface area (Å²) in [5.41, 5.74) is 11.1. The first-order valence-corrected chi connectivity index (χ1v) is 3.50. The van der Waals surface area contributed by atoms with E-state index >= 15 is 0 Å². The number of aromatic nitrogens is 2. The van der Waals surface area contributed by atoms with Crippen LogP contribution in [-0.4, -0.2) is 15.9 Å². The Labute approximate surface area is 69.8 Å². The molecule has 0 fully saturated rings. The van der Waals surface area contributed by atoms with Gasteiger partial charge < -0.3 is 11.5 Å². The molecule has 0 spiro atoms. The van der Waals surface area contributed by atoms with Crippen molar-refractivity contribution in [1.82, 2.24) is 9.97 Å². The highest BCUT2D eigenvalue weighted by atomic mass is 16.1. The molecule has 1 aromatic heterocycles. The Kier molecular flexibility index (Phi) is 2.71. The molecule has 5 nitrogen and oxygen atoms in total. The molecule has 0 radical (unpaired) electrons. The molecule has 1 heterocycles. The Bertz CT molecular complexity index is 261. The SMILES string of the molecule is NC(=O)CC(N)c1cnccn1. The summed E-state index contributed by atoms with van der Waals surface area (Å²) in [4.78, 5) is 18.2. The van der Waals surface area contributed by atoms with E-state index in [0.29, 0.717) is 5.69 Å². The zero-order valence-electron chi connectivity index (χ0n) is 6.47. The molecule has 1 rings (SSSR count). The molecule has 4 N–H and O–H groups in total. The van der Waals surface area contributed by atoms with Gasteiger partial charge in [-0.15, -0.1) is 0 Å². The molecule has 0 aliphatic carbocycles. The third-order valence-electron chi connectivity index (χ3n) is 1.38. The molecule has 0 aliphatic rings. The number of primary amides is 1. The van der Waals surface area contributed by atoms with Crippen LogP contribution >= 0.6 is 0 Å². The molecule has 1 atom stereocenters. The first-order chi connectivity index (χ1) is 5.70. The van der Waals surface area contributed by atoms with Crippen LogP contribution in [0.3, 0.4) is 0 Å². The minimum absolute atomic E-state index is 0.0959. The molecule has 12 heavy (non-hydrogen) atoms. The summed E-state index contributed by atoms with van der Waals surface area (Å²) in [5, 5.41) is 0. The minimum atomic E-state index is -0.448. The second kappa shape index (κ2) is 3.77. The quantitative estimate of drug-likeness (QED) is 0.623. The first-order valence-electron chi connectivity index (χ1n) is 3.50. The molecular weight excluding hydrogens is 156 g/mol. The van der Waals surface area contributed by atoms with Gasteiger partial charge in [-0.3, -0.25) is 14.8 Å². The molecule has 5 heteroatoms. The fraction of sp³-hybridized carbons (Fsp3) is 0.286. The summed E-state index contributed by atoms with van der Waals surface area (Å²) < 4.78 is 0. The van der Waals surface area contributed by atoms with E-state index in [4.69, 9.17) is 11.5 Å². The van der Waals surface area contributed by atoms with Gasteiger partial charge in [0.05, 0.1) is 11.7 Å². The van der Waals surface area contributed by atoms with Crippen LogP contribution in [0.2, 0.25) is 0 Å². The van der Waals surface area contributed by atoms with E-state index in [0.717, 1.165) is 0 Å². The van der Waals surface area contributed by atoms with Gasteiger partial charge in [-0.1, -0.05) is 0 Å². The Hall–Kier alpha value is -1.49. The van der Waals surface area contributed by atoms with Crippen LogP contribution in [0, 0.1) is 0 Å². The summed E-state index contributed by atoms with van der Waals surface area (Å²) >= 11 is 0. The Balaban J connectivity index is 2.65. The van der Waals surface area contributed by atoms with E-state index < -0.39 is 11.9 Å². The van der Waals surface area contributed by atoms with Gasteiger partial charge in [0.2, 0.25) is 5.91 Å². The van der Waals surface area contributed by atoms with Gasteiger partial charge in [0.25, 0.3) is 0 Å². The molecule has 1 aromatic rings. The average molecular weight is 166 g/mol. The molecule has 0 aliphatic heterocycles. The van der Waals surface area contributed by atoms with Gasteiger partial charge in [0, 0.05) is 25.0 Å². The van der Waals surface area contributed by atoms with E-state index in [1.165, 1.54) is 12.4 Å². The third kappa shape index (κ3) is 2.28. The highest BCUT2D eigenvalue weighted by molar-refractivity contribution is 5.74. The lowest BCUT2D eigenvalue weighted by Gasteiger charge is -2.06. The lowest BCUT2D eigenvalue weighted by Crippen LogP contribution is -2.21. The van der Waals surface area contributed by atoms with Crippen molar-refractivity contribution in [2.24, 2.45) is 11.5 Å². The van der Waals surface area contributed by atoms with Crippen LogP contribution in [0.5, 0.6) is 0 Å². The van der Waals surface area contributed by atoms with E-state index in [1.807, 2.05) is 0 Å². The molecule has 0 aromatic carbocycles. The summed E-state index contributed by atoms with van der Waals surface area (Å²) in [5.74, 6) is -0.437. The smallest absolute Gasteiger partial charge is 0.219 e. The lowest BCUT2D eigenvalue weighted by atomic mass is 10.1. The van der Waals surface area contributed by atoms with E-state index in [-0.39, 0.29) is 6.42 Å². The Morgan fingerprint density at radius 3 is 2.83 bits per heavy atom. The van der Waals surface area contributed by atoms with Crippen molar-refractivity contribution in [1.29, 1.82) is 0 Å². The molecule has 64 valence electrons. The fourth-order valence-corrected chi connectivity index (χ4v) is 0.823. The van der Waals surface area contributed by atoms with Gasteiger partial charge in [-0.25, -0.2) is 0 Å². The van der Waals surface area contributed by atoms with Crippen LogP contribution in [0.4, 0.5) is 0 Å². The molecule has 1 amide bonds. The Morgan fingerprint density at radius 1 is 1.58 bits per heavy atom. The molecule has 0 bridgehead atoms. The van der Waals surface area contributed by atoms with Gasteiger partial charge in [-0.05, 0) is 0 Å². The van der Waals surface area contributed by atoms with Crippen molar-refractivity contribution in [3.05, 3.63) is 24.3 Å². The van der Waals surface area contributed by atoms with Crippen molar-refractivity contribution in [3.8, 4) is 0 Å². The number of nitrogens with zero attached hydrogens (tertiary/aromatic N) is 2. The second-order valence-corrected chi connectivity index (χ2v) is 2.41. The maximum Gasteiger partial charge on any atom is 0.219 e. The maximum absolute atomic E-state index is 10.5. The topological polar surface area (TPSA) is 94.9 Å². The van der Waals surface area contributed by atoms with Crippen molar-refractivity contribution in [3.63, 3.8) is 0 Å². The Morgan fingerprint density at radius 2 is 2.33 bits per heavy atom. The highest BCUT2D eigenvalue weighted by Gasteiger charge is 2.09. The minimum Gasteiger partial charge on any atom is -0.370 e. The highest BCUT2D eigenvalue weighted by Crippen LogP contribution is 2.07. The first kappa shape index (κ1) is 8.61. The van der Waals surface area contributed by atoms with Gasteiger partial charge in [-0.2, -0.15) is 0 Å². The van der Waals surface area contributed by atoms with Crippen molar-refractivity contribution in [2.75, 3.05) is 0 Å². The molecule has 1 unspecified atom stereocenters. The summed E-state index contributed by atoms with van der Waals surface area (Å²) in [6.07, 6.45) is 4.68. The predicted octanol–water partition coefficient (Wildman–Crippen LogP) is -0.648. The summed E-state index contributed by atoms with van der Waals surface area (Å²) in [6.45, 7) is 0. The molecule has 0 saturated carbocycles. The number of hydrogen-bond acceptors (Lipinski definition) is 4. The van der Waals surface area contributed by atoms with E-state index in [2.05, 4.69) is 9.97 Å². The largest absolute Gasteiger partial charge is 0.370 e. The lowest BCUT2D eigenvalue weighted by molar-refractivity contribution is -0.118. The number of nitrogens with two attached hydrogens (primary N) is 2. The molecule has 0 saturated heterocycles. The number of carbonyl (C=O) groups is 1. The van der Waals surface area contributed by atoms with E-state index in [1.54, 1.807) is 6.20 Å². The van der Waals surface area contributed by atoms with E-state index in [9.17, 15) is 4.79 Å².